The van der Waals surface area contributed by atoms with Crippen LogP contribution in [0.5, 0.6) is 0 Å². The van der Waals surface area contributed by atoms with Gasteiger partial charge in [-0.05, 0) is 24.0 Å². The Balaban J connectivity index is 1.92. The van der Waals surface area contributed by atoms with Crippen LogP contribution in [0, 0.1) is 0 Å². The monoisotopic (exact) mass is 295 g/mol. The summed E-state index contributed by atoms with van der Waals surface area (Å²) in [5, 5.41) is 9.02. The third-order valence-corrected chi connectivity index (χ3v) is 4.44. The lowest BCUT2D eigenvalue weighted by atomic mass is 10.2. The maximum absolute atomic E-state index is 5.07. The highest BCUT2D eigenvalue weighted by molar-refractivity contribution is 7.98. The molecule has 2 rings (SSSR count). The van der Waals surface area contributed by atoms with Gasteiger partial charge in [0.2, 0.25) is 0 Å². The number of rotatable bonds is 7. The van der Waals surface area contributed by atoms with E-state index in [4.69, 9.17) is 4.74 Å². The molecule has 0 fully saturated rings. The fourth-order valence-electron chi connectivity index (χ4n) is 1.57. The van der Waals surface area contributed by atoms with Crippen LogP contribution in [-0.4, -0.2) is 34.7 Å². The van der Waals surface area contributed by atoms with E-state index in [1.54, 1.807) is 37.0 Å². The second kappa shape index (κ2) is 7.57. The van der Waals surface area contributed by atoms with Gasteiger partial charge in [-0.2, -0.15) is 0 Å². The van der Waals surface area contributed by atoms with Gasteiger partial charge in [-0.15, -0.1) is 22.0 Å². The first-order chi connectivity index (χ1) is 9.33. The third kappa shape index (κ3) is 4.26. The fourth-order valence-corrected chi connectivity index (χ4v) is 2.87. The Kier molecular flexibility index (Phi) is 5.75. The van der Waals surface area contributed by atoms with Crippen molar-refractivity contribution in [1.29, 1.82) is 0 Å². The van der Waals surface area contributed by atoms with E-state index in [-0.39, 0.29) is 0 Å². The maximum atomic E-state index is 5.07. The summed E-state index contributed by atoms with van der Waals surface area (Å²) in [7, 11) is 1.70. The quantitative estimate of drug-likeness (QED) is 0.735. The highest BCUT2D eigenvalue weighted by Crippen LogP contribution is 2.22. The molecule has 1 aromatic heterocycles. The normalized spacial score (nSPS) is 10.8. The first-order valence-electron chi connectivity index (χ1n) is 5.96. The number of methoxy groups -OCH3 is 1. The van der Waals surface area contributed by atoms with Gasteiger partial charge in [0.1, 0.15) is 6.33 Å². The predicted octanol–water partition coefficient (Wildman–Crippen LogP) is 2.94. The molecule has 0 radical (unpaired) electrons. The van der Waals surface area contributed by atoms with Gasteiger partial charge < -0.3 is 9.30 Å². The van der Waals surface area contributed by atoms with Gasteiger partial charge in [0.15, 0.2) is 5.16 Å². The Labute approximate surface area is 121 Å². The lowest BCUT2D eigenvalue weighted by Gasteiger charge is -2.05. The Morgan fingerprint density at radius 1 is 1.26 bits per heavy atom. The summed E-state index contributed by atoms with van der Waals surface area (Å²) in [6.07, 6.45) is 3.83. The number of nitrogens with zero attached hydrogens (tertiary/aromatic N) is 3. The van der Waals surface area contributed by atoms with Gasteiger partial charge in [-0.1, -0.05) is 23.9 Å². The largest absolute Gasteiger partial charge is 0.383 e. The van der Waals surface area contributed by atoms with E-state index >= 15 is 0 Å². The molecule has 0 unspecified atom stereocenters. The smallest absolute Gasteiger partial charge is 0.191 e. The van der Waals surface area contributed by atoms with Crippen LogP contribution in [0.15, 0.2) is 40.6 Å². The third-order valence-electron chi connectivity index (χ3n) is 2.64. The van der Waals surface area contributed by atoms with Crippen LogP contribution in [0.3, 0.4) is 0 Å². The lowest BCUT2D eigenvalue weighted by Crippen LogP contribution is -2.04. The first-order valence-corrected chi connectivity index (χ1v) is 8.17. The first kappa shape index (κ1) is 14.4. The van der Waals surface area contributed by atoms with E-state index in [0.29, 0.717) is 6.61 Å². The van der Waals surface area contributed by atoms with Gasteiger partial charge in [-0.3, -0.25) is 0 Å². The van der Waals surface area contributed by atoms with E-state index in [2.05, 4.69) is 40.7 Å². The molecule has 0 aliphatic carbocycles. The zero-order valence-electron chi connectivity index (χ0n) is 11.1. The summed E-state index contributed by atoms with van der Waals surface area (Å²) in [5.41, 5.74) is 1.30. The second-order valence-electron chi connectivity index (χ2n) is 3.94. The van der Waals surface area contributed by atoms with Crippen LogP contribution in [0.25, 0.3) is 0 Å². The van der Waals surface area contributed by atoms with Gasteiger partial charge in [0.05, 0.1) is 6.61 Å². The minimum atomic E-state index is 0.675. The van der Waals surface area contributed by atoms with E-state index in [1.807, 2.05) is 4.57 Å². The van der Waals surface area contributed by atoms with Crippen molar-refractivity contribution >= 4 is 23.5 Å². The number of ether oxygens (including phenoxy) is 1. The molecule has 2 aromatic rings. The van der Waals surface area contributed by atoms with Crippen LogP contribution >= 0.6 is 23.5 Å². The zero-order valence-corrected chi connectivity index (χ0v) is 12.7. The highest BCUT2D eigenvalue weighted by atomic mass is 32.2. The minimum absolute atomic E-state index is 0.675. The van der Waals surface area contributed by atoms with Gasteiger partial charge in [-0.25, -0.2) is 0 Å². The number of thioether (sulfide) groups is 2. The molecule has 102 valence electrons. The van der Waals surface area contributed by atoms with Crippen molar-refractivity contribution in [3.8, 4) is 0 Å². The van der Waals surface area contributed by atoms with Crippen molar-refractivity contribution in [1.82, 2.24) is 14.8 Å². The molecular formula is C13H17N3OS2. The van der Waals surface area contributed by atoms with Gasteiger partial charge >= 0.3 is 0 Å². The highest BCUT2D eigenvalue weighted by Gasteiger charge is 2.05. The number of aromatic nitrogens is 3. The molecule has 19 heavy (non-hydrogen) atoms. The van der Waals surface area contributed by atoms with Crippen molar-refractivity contribution < 1.29 is 4.74 Å². The van der Waals surface area contributed by atoms with E-state index in [9.17, 15) is 0 Å². The molecule has 4 nitrogen and oxygen atoms in total. The molecular weight excluding hydrogens is 278 g/mol. The van der Waals surface area contributed by atoms with Crippen molar-refractivity contribution in [3.63, 3.8) is 0 Å². The van der Waals surface area contributed by atoms with Crippen molar-refractivity contribution in [2.75, 3.05) is 20.0 Å². The number of hydrogen-bond donors (Lipinski definition) is 0. The summed E-state index contributed by atoms with van der Waals surface area (Å²) in [6.45, 7) is 1.46. The van der Waals surface area contributed by atoms with Crippen molar-refractivity contribution in [2.24, 2.45) is 0 Å². The van der Waals surface area contributed by atoms with Crippen molar-refractivity contribution in [3.05, 3.63) is 36.2 Å². The molecule has 0 saturated heterocycles. The van der Waals surface area contributed by atoms with E-state index in [1.165, 1.54) is 10.5 Å². The average molecular weight is 295 g/mol. The minimum Gasteiger partial charge on any atom is -0.383 e. The van der Waals surface area contributed by atoms with Gasteiger partial charge in [0, 0.05) is 24.3 Å². The topological polar surface area (TPSA) is 39.9 Å². The van der Waals surface area contributed by atoms with E-state index in [0.717, 1.165) is 17.5 Å². The van der Waals surface area contributed by atoms with Crippen LogP contribution in [0.1, 0.15) is 5.56 Å². The summed E-state index contributed by atoms with van der Waals surface area (Å²) in [6, 6.07) is 8.62. The zero-order chi connectivity index (χ0) is 13.5. The summed E-state index contributed by atoms with van der Waals surface area (Å²) in [4.78, 5) is 1.29. The molecule has 0 aliphatic rings. The SMILES string of the molecule is COCCn1cnnc1SCc1ccc(SC)cc1. The van der Waals surface area contributed by atoms with Crippen LogP contribution in [0.4, 0.5) is 0 Å². The molecule has 0 spiro atoms. The Morgan fingerprint density at radius 3 is 2.74 bits per heavy atom. The summed E-state index contributed by atoms with van der Waals surface area (Å²) < 4.78 is 7.09. The predicted molar refractivity (Wildman–Crippen MR) is 79.7 cm³/mol. The molecule has 0 amide bonds. The molecule has 0 saturated carbocycles. The van der Waals surface area contributed by atoms with Crippen LogP contribution in [-0.2, 0) is 17.0 Å². The molecule has 6 heteroatoms. The second-order valence-corrected chi connectivity index (χ2v) is 5.76. The number of benzene rings is 1. The molecule has 1 heterocycles. The van der Waals surface area contributed by atoms with Gasteiger partial charge in [0.25, 0.3) is 0 Å². The molecule has 0 bridgehead atoms. The fraction of sp³-hybridized carbons (Fsp3) is 0.385. The van der Waals surface area contributed by atoms with Crippen LogP contribution < -0.4 is 0 Å². The van der Waals surface area contributed by atoms with E-state index < -0.39 is 0 Å². The molecule has 0 atom stereocenters. The number of hydrogen-bond acceptors (Lipinski definition) is 5. The maximum Gasteiger partial charge on any atom is 0.191 e. The summed E-state index contributed by atoms with van der Waals surface area (Å²) >= 11 is 3.46. The average Bonchev–Trinajstić information content (AvgIpc) is 2.91. The van der Waals surface area contributed by atoms with Crippen molar-refractivity contribution in [2.45, 2.75) is 22.3 Å². The van der Waals surface area contributed by atoms with Crippen LogP contribution in [0.2, 0.25) is 0 Å². The Bertz CT molecular complexity index is 499. The molecule has 1 aromatic carbocycles. The Morgan fingerprint density at radius 2 is 2.05 bits per heavy atom. The Hall–Kier alpha value is -0.980. The standard InChI is InChI=1S/C13H17N3OS2/c1-17-8-7-16-10-14-15-13(16)19-9-11-3-5-12(18-2)6-4-11/h3-6,10H,7-9H2,1-2H3. The lowest BCUT2D eigenvalue weighted by molar-refractivity contribution is 0.184. The molecule has 0 aliphatic heterocycles. The summed E-state index contributed by atoms with van der Waals surface area (Å²) in [5.74, 6) is 0.903. The molecule has 0 N–H and O–H groups in total.